The molecule has 4 nitrogen and oxygen atoms in total. The number of rotatable bonds is 4. The van der Waals surface area contributed by atoms with Crippen LogP contribution in [-0.2, 0) is 16.8 Å². The van der Waals surface area contributed by atoms with E-state index in [1.807, 2.05) is 25.7 Å². The topological polar surface area (TPSA) is 49.8 Å². The Labute approximate surface area is 163 Å². The normalized spacial score (nSPS) is 28.1. The van der Waals surface area contributed by atoms with Crippen LogP contribution in [0.5, 0.6) is 0 Å². The minimum atomic E-state index is -0.850. The Bertz CT molecular complexity index is 633. The van der Waals surface area contributed by atoms with Gasteiger partial charge in [0.05, 0.1) is 5.60 Å². The van der Waals surface area contributed by atoms with Crippen LogP contribution in [0.3, 0.4) is 0 Å². The third kappa shape index (κ3) is 4.66. The molecular weight excluding hydrogens is 338 g/mol. The number of fused-ring (bicyclic) bond motifs is 2. The molecular formula is C23H35NO3. The van der Waals surface area contributed by atoms with Gasteiger partial charge in [-0.2, -0.15) is 0 Å². The molecule has 0 aromatic heterocycles. The number of unbranched alkanes of at least 4 members (excludes halogenated alkanes) is 1. The molecule has 4 heteroatoms. The summed E-state index contributed by atoms with van der Waals surface area (Å²) in [6.07, 6.45) is 7.42. The molecule has 2 aliphatic heterocycles. The molecule has 1 N–H and O–H groups in total. The van der Waals surface area contributed by atoms with Gasteiger partial charge in [-0.3, -0.25) is 0 Å². The summed E-state index contributed by atoms with van der Waals surface area (Å²) < 4.78 is 5.65. The molecule has 150 valence electrons. The van der Waals surface area contributed by atoms with Crippen LogP contribution in [0.4, 0.5) is 4.79 Å². The van der Waals surface area contributed by atoms with E-state index in [0.29, 0.717) is 12.8 Å². The number of aryl methyl sites for hydroxylation is 1. The summed E-state index contributed by atoms with van der Waals surface area (Å²) in [5, 5.41) is 11.5. The van der Waals surface area contributed by atoms with Crippen molar-refractivity contribution in [2.24, 2.45) is 0 Å². The highest BCUT2D eigenvalue weighted by Crippen LogP contribution is 2.44. The van der Waals surface area contributed by atoms with Crippen LogP contribution in [0.25, 0.3) is 0 Å². The zero-order valence-electron chi connectivity index (χ0n) is 17.3. The standard InChI is InChI=1S/C23H35NO3/c1-5-6-8-17-11-13-18(14-12-17)23(26)15-19-9-7-10-20(16-23)24(19)21(25)27-22(2,3)4/h11-14,19-20,26H,5-10,15-16H2,1-4H3. The molecule has 0 radical (unpaired) electrons. The summed E-state index contributed by atoms with van der Waals surface area (Å²) in [5.74, 6) is 0. The lowest BCUT2D eigenvalue weighted by atomic mass is 9.72. The molecule has 2 heterocycles. The van der Waals surface area contributed by atoms with Crippen molar-refractivity contribution in [1.82, 2.24) is 4.90 Å². The zero-order valence-corrected chi connectivity index (χ0v) is 17.3. The first kappa shape index (κ1) is 20.2. The molecule has 27 heavy (non-hydrogen) atoms. The Kier molecular flexibility index (Phi) is 5.85. The van der Waals surface area contributed by atoms with Crippen molar-refractivity contribution in [3.05, 3.63) is 35.4 Å². The quantitative estimate of drug-likeness (QED) is 0.792. The number of ether oxygens (including phenoxy) is 1. The van der Waals surface area contributed by atoms with E-state index in [2.05, 4.69) is 31.2 Å². The van der Waals surface area contributed by atoms with Gasteiger partial charge in [0.25, 0.3) is 0 Å². The van der Waals surface area contributed by atoms with Gasteiger partial charge in [-0.25, -0.2) is 4.79 Å². The predicted molar refractivity (Wildman–Crippen MR) is 108 cm³/mol. The lowest BCUT2D eigenvalue weighted by molar-refractivity contribution is -0.0965. The molecule has 3 rings (SSSR count). The Morgan fingerprint density at radius 3 is 2.30 bits per heavy atom. The van der Waals surface area contributed by atoms with Gasteiger partial charge in [0.15, 0.2) is 0 Å². The fraction of sp³-hybridized carbons (Fsp3) is 0.696. The van der Waals surface area contributed by atoms with Gasteiger partial charge in [0, 0.05) is 24.9 Å². The van der Waals surface area contributed by atoms with Crippen molar-refractivity contribution >= 4 is 6.09 Å². The number of hydrogen-bond acceptors (Lipinski definition) is 3. The average Bonchev–Trinajstić information content (AvgIpc) is 2.58. The lowest BCUT2D eigenvalue weighted by Gasteiger charge is -2.51. The molecule has 2 atom stereocenters. The number of carbonyl (C=O) groups excluding carboxylic acids is 1. The first-order chi connectivity index (χ1) is 12.7. The highest BCUT2D eigenvalue weighted by atomic mass is 16.6. The van der Waals surface area contributed by atoms with Crippen LogP contribution in [-0.4, -0.2) is 33.8 Å². The fourth-order valence-corrected chi connectivity index (χ4v) is 4.64. The number of benzene rings is 1. The van der Waals surface area contributed by atoms with E-state index < -0.39 is 11.2 Å². The van der Waals surface area contributed by atoms with Gasteiger partial charge < -0.3 is 14.7 Å². The summed E-state index contributed by atoms with van der Waals surface area (Å²) >= 11 is 0. The lowest BCUT2D eigenvalue weighted by Crippen LogP contribution is -2.59. The average molecular weight is 374 g/mol. The van der Waals surface area contributed by atoms with Crippen molar-refractivity contribution in [3.63, 3.8) is 0 Å². The first-order valence-electron chi connectivity index (χ1n) is 10.5. The maximum Gasteiger partial charge on any atom is 0.410 e. The van der Waals surface area contributed by atoms with E-state index in [1.165, 1.54) is 18.4 Å². The summed E-state index contributed by atoms with van der Waals surface area (Å²) in [7, 11) is 0. The molecule has 2 fully saturated rings. The molecule has 0 saturated carbocycles. The van der Waals surface area contributed by atoms with Crippen LogP contribution >= 0.6 is 0 Å². The minimum Gasteiger partial charge on any atom is -0.444 e. The summed E-state index contributed by atoms with van der Waals surface area (Å²) in [6.45, 7) is 7.91. The smallest absolute Gasteiger partial charge is 0.410 e. The first-order valence-corrected chi connectivity index (χ1v) is 10.5. The Hall–Kier alpha value is -1.55. The van der Waals surface area contributed by atoms with Crippen molar-refractivity contribution in [1.29, 1.82) is 0 Å². The van der Waals surface area contributed by atoms with E-state index in [-0.39, 0.29) is 18.2 Å². The number of nitrogens with zero attached hydrogens (tertiary/aromatic N) is 1. The van der Waals surface area contributed by atoms with E-state index in [9.17, 15) is 9.90 Å². The number of piperidine rings is 2. The van der Waals surface area contributed by atoms with Gasteiger partial charge in [-0.1, -0.05) is 37.6 Å². The number of carbonyl (C=O) groups is 1. The molecule has 2 bridgehead atoms. The summed E-state index contributed by atoms with van der Waals surface area (Å²) in [4.78, 5) is 14.7. The van der Waals surface area contributed by atoms with Crippen LogP contribution < -0.4 is 0 Å². The van der Waals surface area contributed by atoms with Crippen LogP contribution in [0.15, 0.2) is 24.3 Å². The molecule has 2 unspecified atom stereocenters. The van der Waals surface area contributed by atoms with Gasteiger partial charge >= 0.3 is 6.09 Å². The van der Waals surface area contributed by atoms with Crippen molar-refractivity contribution in [2.45, 2.75) is 102 Å². The van der Waals surface area contributed by atoms with Crippen molar-refractivity contribution < 1.29 is 14.6 Å². The van der Waals surface area contributed by atoms with Crippen LogP contribution in [0.2, 0.25) is 0 Å². The highest BCUT2D eigenvalue weighted by Gasteiger charge is 2.49. The maximum atomic E-state index is 12.7. The van der Waals surface area contributed by atoms with E-state index >= 15 is 0 Å². The molecule has 1 aromatic rings. The van der Waals surface area contributed by atoms with E-state index in [1.54, 1.807) is 0 Å². The van der Waals surface area contributed by atoms with Gasteiger partial charge in [-0.05, 0) is 64.0 Å². The van der Waals surface area contributed by atoms with Crippen LogP contribution in [0, 0.1) is 0 Å². The number of aliphatic hydroxyl groups is 1. The van der Waals surface area contributed by atoms with Crippen molar-refractivity contribution in [3.8, 4) is 0 Å². The monoisotopic (exact) mass is 373 g/mol. The van der Waals surface area contributed by atoms with E-state index in [4.69, 9.17) is 4.74 Å². The molecule has 2 saturated heterocycles. The van der Waals surface area contributed by atoms with Gasteiger partial charge in [-0.15, -0.1) is 0 Å². The Morgan fingerprint density at radius 2 is 1.78 bits per heavy atom. The third-order valence-electron chi connectivity index (χ3n) is 5.92. The van der Waals surface area contributed by atoms with Gasteiger partial charge in [0.2, 0.25) is 0 Å². The molecule has 1 amide bonds. The second-order valence-electron chi connectivity index (χ2n) is 9.37. The maximum absolute atomic E-state index is 12.7. The highest BCUT2D eigenvalue weighted by molar-refractivity contribution is 5.69. The largest absolute Gasteiger partial charge is 0.444 e. The summed E-state index contributed by atoms with van der Waals surface area (Å²) in [5.41, 5.74) is 0.976. The predicted octanol–water partition coefficient (Wildman–Crippen LogP) is 5.17. The fourth-order valence-electron chi connectivity index (χ4n) is 4.64. The second kappa shape index (κ2) is 7.83. The van der Waals surface area contributed by atoms with E-state index in [0.717, 1.165) is 31.2 Å². The van der Waals surface area contributed by atoms with Gasteiger partial charge in [0.1, 0.15) is 5.60 Å². The third-order valence-corrected chi connectivity index (χ3v) is 5.92. The molecule has 2 aliphatic rings. The second-order valence-corrected chi connectivity index (χ2v) is 9.37. The van der Waals surface area contributed by atoms with Crippen LogP contribution in [0.1, 0.15) is 83.8 Å². The zero-order chi connectivity index (χ0) is 19.7. The molecule has 1 aromatic carbocycles. The number of hydrogen-bond donors (Lipinski definition) is 1. The number of amides is 1. The Balaban J connectivity index is 1.75. The SMILES string of the molecule is CCCCc1ccc(C2(O)CC3CCCC(C2)N3C(=O)OC(C)(C)C)cc1. The Morgan fingerprint density at radius 1 is 1.19 bits per heavy atom. The summed E-state index contributed by atoms with van der Waals surface area (Å²) in [6, 6.07) is 8.58. The van der Waals surface area contributed by atoms with Crippen molar-refractivity contribution in [2.75, 3.05) is 0 Å². The minimum absolute atomic E-state index is 0.0529. The molecule has 0 aliphatic carbocycles. The molecule has 0 spiro atoms.